The van der Waals surface area contributed by atoms with Crippen LogP contribution in [0.15, 0.2) is 18.2 Å². The van der Waals surface area contributed by atoms with Crippen LogP contribution in [0.4, 0.5) is 19.3 Å². The molecule has 2 amide bonds. The van der Waals surface area contributed by atoms with E-state index in [1.54, 1.807) is 6.92 Å². The van der Waals surface area contributed by atoms with Gasteiger partial charge in [0.15, 0.2) is 0 Å². The lowest BCUT2D eigenvalue weighted by molar-refractivity contribution is -0.150. The number of amides is 2. The summed E-state index contributed by atoms with van der Waals surface area (Å²) in [6.07, 6.45) is 0.602. The summed E-state index contributed by atoms with van der Waals surface area (Å²) in [5.41, 5.74) is -1.35. The molecule has 2 N–H and O–H groups in total. The monoisotopic (exact) mass is 298 g/mol. The Labute approximate surface area is 120 Å². The van der Waals surface area contributed by atoms with Gasteiger partial charge in [-0.3, -0.25) is 4.79 Å². The topological polar surface area (TPSA) is 69.6 Å². The zero-order chi connectivity index (χ0) is 15.6. The number of para-hydroxylation sites is 1. The molecular weight excluding hydrogens is 282 g/mol. The van der Waals surface area contributed by atoms with Crippen LogP contribution in [0.1, 0.15) is 19.8 Å². The molecule has 114 valence electrons. The normalized spacial score (nSPS) is 17.4. The largest absolute Gasteiger partial charge is 0.481 e. The number of benzene rings is 1. The molecule has 5 nitrogen and oxygen atoms in total. The predicted octanol–water partition coefficient (Wildman–Crippen LogP) is 2.68. The number of carboxylic acid groups (broad SMARTS) is 1. The molecule has 0 aliphatic carbocycles. The molecule has 0 atom stereocenters. The number of rotatable bonds is 2. The molecule has 0 unspecified atom stereocenters. The summed E-state index contributed by atoms with van der Waals surface area (Å²) in [5.74, 6) is -2.60. The molecule has 0 bridgehead atoms. The molecule has 1 heterocycles. The van der Waals surface area contributed by atoms with Gasteiger partial charge in [0.05, 0.1) is 5.41 Å². The van der Waals surface area contributed by atoms with Gasteiger partial charge in [0.25, 0.3) is 0 Å². The van der Waals surface area contributed by atoms with Gasteiger partial charge in [0, 0.05) is 13.1 Å². The first-order valence-electron chi connectivity index (χ1n) is 6.57. The van der Waals surface area contributed by atoms with Gasteiger partial charge in [-0.15, -0.1) is 0 Å². The summed E-state index contributed by atoms with van der Waals surface area (Å²) >= 11 is 0. The summed E-state index contributed by atoms with van der Waals surface area (Å²) in [6, 6.07) is 2.68. The zero-order valence-corrected chi connectivity index (χ0v) is 11.5. The molecule has 2 rings (SSSR count). The molecule has 21 heavy (non-hydrogen) atoms. The molecule has 1 aromatic rings. The van der Waals surface area contributed by atoms with Gasteiger partial charge in [-0.1, -0.05) is 6.07 Å². The van der Waals surface area contributed by atoms with Crippen LogP contribution in [0.25, 0.3) is 0 Å². The summed E-state index contributed by atoms with van der Waals surface area (Å²) in [5, 5.41) is 11.3. The van der Waals surface area contributed by atoms with Crippen molar-refractivity contribution >= 4 is 17.7 Å². The van der Waals surface area contributed by atoms with Crippen molar-refractivity contribution in [3.63, 3.8) is 0 Å². The third-order valence-corrected chi connectivity index (χ3v) is 3.87. The van der Waals surface area contributed by atoms with Gasteiger partial charge in [0.2, 0.25) is 0 Å². The maximum absolute atomic E-state index is 13.5. The Balaban J connectivity index is 2.02. The van der Waals surface area contributed by atoms with Crippen molar-refractivity contribution in [2.24, 2.45) is 5.41 Å². The molecule has 0 radical (unpaired) electrons. The number of halogens is 2. The maximum atomic E-state index is 13.5. The Morgan fingerprint density at radius 3 is 2.24 bits per heavy atom. The van der Waals surface area contributed by atoms with Crippen LogP contribution in [0.5, 0.6) is 0 Å². The first-order chi connectivity index (χ1) is 9.83. The SMILES string of the molecule is CC1(C(=O)O)CCN(C(=O)Nc2c(F)cccc2F)CC1. The van der Waals surface area contributed by atoms with Gasteiger partial charge in [-0.2, -0.15) is 0 Å². The lowest BCUT2D eigenvalue weighted by Crippen LogP contribution is -2.46. The Kier molecular flexibility index (Phi) is 4.11. The molecule has 1 fully saturated rings. The number of nitrogens with one attached hydrogen (secondary N) is 1. The van der Waals surface area contributed by atoms with Crippen molar-refractivity contribution < 1.29 is 23.5 Å². The van der Waals surface area contributed by atoms with Crippen LogP contribution < -0.4 is 5.32 Å². The van der Waals surface area contributed by atoms with E-state index in [0.29, 0.717) is 12.8 Å². The Morgan fingerprint density at radius 1 is 1.24 bits per heavy atom. The van der Waals surface area contributed by atoms with Crippen LogP contribution >= 0.6 is 0 Å². The van der Waals surface area contributed by atoms with E-state index in [1.165, 1.54) is 11.0 Å². The molecule has 0 spiro atoms. The third-order valence-electron chi connectivity index (χ3n) is 3.87. The second kappa shape index (κ2) is 5.67. The van der Waals surface area contributed by atoms with E-state index in [2.05, 4.69) is 5.32 Å². The molecule has 1 aliphatic heterocycles. The van der Waals surface area contributed by atoms with Crippen molar-refractivity contribution in [1.82, 2.24) is 4.90 Å². The number of likely N-dealkylation sites (tertiary alicyclic amines) is 1. The van der Waals surface area contributed by atoms with Crippen molar-refractivity contribution in [1.29, 1.82) is 0 Å². The van der Waals surface area contributed by atoms with Gasteiger partial charge >= 0.3 is 12.0 Å². The maximum Gasteiger partial charge on any atom is 0.322 e. The minimum atomic E-state index is -0.900. The van der Waals surface area contributed by atoms with Crippen LogP contribution in [0.2, 0.25) is 0 Å². The van der Waals surface area contributed by atoms with Gasteiger partial charge in [-0.05, 0) is 31.9 Å². The van der Waals surface area contributed by atoms with E-state index in [-0.39, 0.29) is 13.1 Å². The highest BCUT2D eigenvalue weighted by molar-refractivity contribution is 5.89. The summed E-state index contributed by atoms with van der Waals surface area (Å²) < 4.78 is 26.9. The first kappa shape index (κ1) is 15.2. The number of carbonyl (C=O) groups excluding carboxylic acids is 1. The minimum absolute atomic E-state index is 0.227. The van der Waals surface area contributed by atoms with Gasteiger partial charge in [-0.25, -0.2) is 13.6 Å². The van der Waals surface area contributed by atoms with Crippen molar-refractivity contribution in [3.05, 3.63) is 29.8 Å². The fourth-order valence-corrected chi connectivity index (χ4v) is 2.22. The number of piperidine rings is 1. The molecule has 0 saturated carbocycles. The molecule has 7 heteroatoms. The summed E-state index contributed by atoms with van der Waals surface area (Å²) in [7, 11) is 0. The number of aliphatic carboxylic acids is 1. The lowest BCUT2D eigenvalue weighted by Gasteiger charge is -2.36. The third kappa shape index (κ3) is 3.12. The number of hydrogen-bond donors (Lipinski definition) is 2. The summed E-state index contributed by atoms with van der Waals surface area (Å²) in [4.78, 5) is 24.5. The smallest absolute Gasteiger partial charge is 0.322 e. The molecule has 1 aromatic carbocycles. The number of anilines is 1. The Morgan fingerprint density at radius 2 is 1.76 bits per heavy atom. The van der Waals surface area contributed by atoms with Crippen molar-refractivity contribution in [3.8, 4) is 0 Å². The predicted molar refractivity (Wildman–Crippen MR) is 71.9 cm³/mol. The standard InChI is InChI=1S/C14H16F2N2O3/c1-14(12(19)20)5-7-18(8-6-14)13(21)17-11-9(15)3-2-4-10(11)16/h2-4H,5-8H2,1H3,(H,17,21)(H,19,20). The summed E-state index contributed by atoms with van der Waals surface area (Å²) in [6.45, 7) is 2.08. The minimum Gasteiger partial charge on any atom is -0.481 e. The highest BCUT2D eigenvalue weighted by atomic mass is 19.1. The fourth-order valence-electron chi connectivity index (χ4n) is 2.22. The van der Waals surface area contributed by atoms with Crippen molar-refractivity contribution in [2.75, 3.05) is 18.4 Å². The van der Waals surface area contributed by atoms with E-state index < -0.39 is 34.7 Å². The Hall–Kier alpha value is -2.18. The Bertz CT molecular complexity index is 549. The molecule has 1 aliphatic rings. The highest BCUT2D eigenvalue weighted by Crippen LogP contribution is 2.31. The van der Waals surface area contributed by atoms with E-state index in [4.69, 9.17) is 5.11 Å². The molecule has 1 saturated heterocycles. The van der Waals surface area contributed by atoms with Crippen LogP contribution in [0, 0.1) is 17.0 Å². The molecular formula is C14H16F2N2O3. The average molecular weight is 298 g/mol. The lowest BCUT2D eigenvalue weighted by atomic mass is 9.80. The van der Waals surface area contributed by atoms with Crippen LogP contribution in [-0.4, -0.2) is 35.1 Å². The quantitative estimate of drug-likeness (QED) is 0.882. The number of hydrogen-bond acceptors (Lipinski definition) is 2. The average Bonchev–Trinajstić information content (AvgIpc) is 2.43. The van der Waals surface area contributed by atoms with Crippen molar-refractivity contribution in [2.45, 2.75) is 19.8 Å². The van der Waals surface area contributed by atoms with Gasteiger partial charge in [0.1, 0.15) is 17.3 Å². The number of carbonyl (C=O) groups is 2. The van der Waals surface area contributed by atoms with Crippen LogP contribution in [0.3, 0.4) is 0 Å². The molecule has 0 aromatic heterocycles. The second-order valence-corrected chi connectivity index (χ2v) is 5.38. The number of carboxylic acids is 1. The van der Waals surface area contributed by atoms with E-state index in [1.807, 2.05) is 0 Å². The van der Waals surface area contributed by atoms with Crippen LogP contribution in [-0.2, 0) is 4.79 Å². The van der Waals surface area contributed by atoms with Gasteiger partial charge < -0.3 is 15.3 Å². The second-order valence-electron chi connectivity index (χ2n) is 5.38. The fraction of sp³-hybridized carbons (Fsp3) is 0.429. The number of nitrogens with zero attached hydrogens (tertiary/aromatic N) is 1. The van der Waals surface area contributed by atoms with E-state index in [9.17, 15) is 18.4 Å². The van der Waals surface area contributed by atoms with E-state index >= 15 is 0 Å². The highest BCUT2D eigenvalue weighted by Gasteiger charge is 2.38. The first-order valence-corrected chi connectivity index (χ1v) is 6.57. The number of urea groups is 1. The zero-order valence-electron chi connectivity index (χ0n) is 11.5. The van der Waals surface area contributed by atoms with E-state index in [0.717, 1.165) is 12.1 Å².